The number of aromatic carboxylic acids is 1. The van der Waals surface area contributed by atoms with Crippen molar-refractivity contribution in [2.24, 2.45) is 0 Å². The van der Waals surface area contributed by atoms with E-state index >= 15 is 0 Å². The summed E-state index contributed by atoms with van der Waals surface area (Å²) in [5, 5.41) is 9.08. The molecule has 1 aromatic carbocycles. The van der Waals surface area contributed by atoms with Crippen LogP contribution in [0.2, 0.25) is 0 Å². The van der Waals surface area contributed by atoms with Crippen molar-refractivity contribution in [3.63, 3.8) is 0 Å². The van der Waals surface area contributed by atoms with E-state index in [-0.39, 0.29) is 11.3 Å². The predicted molar refractivity (Wildman–Crippen MR) is 73.1 cm³/mol. The van der Waals surface area contributed by atoms with Crippen molar-refractivity contribution in [1.82, 2.24) is 4.98 Å². The summed E-state index contributed by atoms with van der Waals surface area (Å²) in [6, 6.07) is 8.19. The first-order valence-corrected chi connectivity index (χ1v) is 6.47. The first-order valence-electron chi connectivity index (χ1n) is 4.88. The lowest BCUT2D eigenvalue weighted by Gasteiger charge is -2.08. The topological polar surface area (TPSA) is 59.4 Å². The standard InChI is InChI=1S/C12H7Br2NO3/c13-7-1-3-10(9(5-7)12(16)17)18-11-4-2-8(14)6-15-11/h1-6H,(H,16,17). The van der Waals surface area contributed by atoms with Gasteiger partial charge in [0.05, 0.1) is 0 Å². The summed E-state index contributed by atoms with van der Waals surface area (Å²) in [7, 11) is 0. The molecule has 0 amide bonds. The Kier molecular flexibility index (Phi) is 3.98. The SMILES string of the molecule is O=C(O)c1cc(Br)ccc1Oc1ccc(Br)cn1. The van der Waals surface area contributed by atoms with E-state index in [9.17, 15) is 4.79 Å². The minimum Gasteiger partial charge on any atom is -0.478 e. The van der Waals surface area contributed by atoms with Gasteiger partial charge < -0.3 is 9.84 Å². The fourth-order valence-electron chi connectivity index (χ4n) is 1.29. The molecule has 0 aliphatic carbocycles. The van der Waals surface area contributed by atoms with E-state index < -0.39 is 5.97 Å². The molecule has 0 unspecified atom stereocenters. The lowest BCUT2D eigenvalue weighted by Crippen LogP contribution is -2.00. The molecule has 0 saturated heterocycles. The number of ether oxygens (including phenoxy) is 1. The maximum atomic E-state index is 11.1. The van der Waals surface area contributed by atoms with Gasteiger partial charge in [0, 0.05) is 21.2 Å². The molecule has 0 aliphatic heterocycles. The van der Waals surface area contributed by atoms with Gasteiger partial charge in [-0.05, 0) is 40.2 Å². The summed E-state index contributed by atoms with van der Waals surface area (Å²) in [5.41, 5.74) is 0.0779. The number of carboxylic acid groups (broad SMARTS) is 1. The van der Waals surface area contributed by atoms with E-state index in [1.165, 1.54) is 6.07 Å². The highest BCUT2D eigenvalue weighted by molar-refractivity contribution is 9.10. The van der Waals surface area contributed by atoms with Crippen molar-refractivity contribution in [3.8, 4) is 11.6 Å². The zero-order chi connectivity index (χ0) is 13.1. The van der Waals surface area contributed by atoms with Gasteiger partial charge in [0.25, 0.3) is 0 Å². The number of carbonyl (C=O) groups is 1. The highest BCUT2D eigenvalue weighted by Gasteiger charge is 2.13. The second-order valence-corrected chi connectivity index (χ2v) is 5.19. The monoisotopic (exact) mass is 371 g/mol. The summed E-state index contributed by atoms with van der Waals surface area (Å²) < 4.78 is 6.95. The van der Waals surface area contributed by atoms with Crippen LogP contribution in [0.1, 0.15) is 10.4 Å². The number of rotatable bonds is 3. The number of benzene rings is 1. The molecule has 0 aliphatic rings. The van der Waals surface area contributed by atoms with Gasteiger partial charge in [0.1, 0.15) is 11.3 Å². The molecule has 6 heteroatoms. The quantitative estimate of drug-likeness (QED) is 0.881. The Morgan fingerprint density at radius 1 is 1.17 bits per heavy atom. The molecule has 2 rings (SSSR count). The lowest BCUT2D eigenvalue weighted by atomic mass is 10.2. The first-order chi connectivity index (χ1) is 8.56. The number of aromatic nitrogens is 1. The number of hydrogen-bond acceptors (Lipinski definition) is 3. The number of hydrogen-bond donors (Lipinski definition) is 1. The molecule has 0 radical (unpaired) electrons. The molecule has 0 saturated carbocycles. The third-order valence-corrected chi connectivity index (χ3v) is 3.05. The number of halogens is 2. The first kappa shape index (κ1) is 13.0. The van der Waals surface area contributed by atoms with Gasteiger partial charge in [-0.15, -0.1) is 0 Å². The van der Waals surface area contributed by atoms with E-state index in [1.807, 2.05) is 0 Å². The Balaban J connectivity index is 2.34. The van der Waals surface area contributed by atoms with Crippen molar-refractivity contribution < 1.29 is 14.6 Å². The Morgan fingerprint density at radius 2 is 1.89 bits per heavy atom. The van der Waals surface area contributed by atoms with Gasteiger partial charge in [-0.3, -0.25) is 0 Å². The highest BCUT2D eigenvalue weighted by atomic mass is 79.9. The summed E-state index contributed by atoms with van der Waals surface area (Å²) >= 11 is 6.48. The molecule has 18 heavy (non-hydrogen) atoms. The summed E-state index contributed by atoms with van der Waals surface area (Å²) in [5.74, 6) is -0.466. The fraction of sp³-hybridized carbons (Fsp3) is 0. The molecule has 92 valence electrons. The predicted octanol–water partition coefficient (Wildman–Crippen LogP) is 4.10. The molecular formula is C12H7Br2NO3. The van der Waals surface area contributed by atoms with Crippen LogP contribution in [0.4, 0.5) is 0 Å². The van der Waals surface area contributed by atoms with E-state index in [0.717, 1.165) is 4.47 Å². The molecule has 0 spiro atoms. The molecular weight excluding hydrogens is 366 g/mol. The average molecular weight is 373 g/mol. The Morgan fingerprint density at radius 3 is 2.50 bits per heavy atom. The van der Waals surface area contributed by atoms with Crippen LogP contribution in [0, 0.1) is 0 Å². The molecule has 4 nitrogen and oxygen atoms in total. The van der Waals surface area contributed by atoms with Crippen LogP contribution in [0.3, 0.4) is 0 Å². The van der Waals surface area contributed by atoms with Gasteiger partial charge in [0.15, 0.2) is 0 Å². The largest absolute Gasteiger partial charge is 0.478 e. The molecule has 1 N–H and O–H groups in total. The van der Waals surface area contributed by atoms with Gasteiger partial charge in [0.2, 0.25) is 5.88 Å². The number of carboxylic acids is 1. The van der Waals surface area contributed by atoms with Crippen LogP contribution in [0.5, 0.6) is 11.6 Å². The third-order valence-electron chi connectivity index (χ3n) is 2.09. The minimum atomic E-state index is -1.05. The summed E-state index contributed by atoms with van der Waals surface area (Å²) in [4.78, 5) is 15.1. The van der Waals surface area contributed by atoms with Crippen LogP contribution in [0.15, 0.2) is 45.5 Å². The van der Waals surface area contributed by atoms with Crippen LogP contribution in [0.25, 0.3) is 0 Å². The van der Waals surface area contributed by atoms with Gasteiger partial charge >= 0.3 is 5.97 Å². The van der Waals surface area contributed by atoms with Gasteiger partial charge in [-0.2, -0.15) is 0 Å². The van der Waals surface area contributed by atoms with E-state index in [4.69, 9.17) is 9.84 Å². The zero-order valence-electron chi connectivity index (χ0n) is 8.93. The normalized spacial score (nSPS) is 10.1. The van der Waals surface area contributed by atoms with E-state index in [1.54, 1.807) is 30.5 Å². The number of nitrogens with zero attached hydrogens (tertiary/aromatic N) is 1. The van der Waals surface area contributed by atoms with E-state index in [2.05, 4.69) is 36.8 Å². The lowest BCUT2D eigenvalue weighted by molar-refractivity contribution is 0.0694. The van der Waals surface area contributed by atoms with Crippen molar-refractivity contribution in [2.75, 3.05) is 0 Å². The molecule has 2 aromatic rings. The van der Waals surface area contributed by atoms with E-state index in [0.29, 0.717) is 10.4 Å². The maximum absolute atomic E-state index is 11.1. The average Bonchev–Trinajstić information content (AvgIpc) is 2.34. The van der Waals surface area contributed by atoms with Crippen molar-refractivity contribution in [1.29, 1.82) is 0 Å². The third kappa shape index (κ3) is 3.08. The molecule has 1 aromatic heterocycles. The van der Waals surface area contributed by atoms with Crippen LogP contribution in [-0.4, -0.2) is 16.1 Å². The zero-order valence-corrected chi connectivity index (χ0v) is 12.1. The number of pyridine rings is 1. The molecule has 1 heterocycles. The molecule has 0 fully saturated rings. The maximum Gasteiger partial charge on any atom is 0.339 e. The second-order valence-electron chi connectivity index (χ2n) is 3.36. The molecule has 0 atom stereocenters. The Bertz CT molecular complexity index is 584. The summed E-state index contributed by atoms with van der Waals surface area (Å²) in [6.07, 6.45) is 1.58. The smallest absolute Gasteiger partial charge is 0.339 e. The van der Waals surface area contributed by atoms with Crippen LogP contribution in [-0.2, 0) is 0 Å². The highest BCUT2D eigenvalue weighted by Crippen LogP contribution is 2.27. The molecule has 0 bridgehead atoms. The van der Waals surface area contributed by atoms with Gasteiger partial charge in [-0.1, -0.05) is 15.9 Å². The fourth-order valence-corrected chi connectivity index (χ4v) is 1.89. The minimum absolute atomic E-state index is 0.0779. The van der Waals surface area contributed by atoms with Crippen molar-refractivity contribution in [2.45, 2.75) is 0 Å². The van der Waals surface area contributed by atoms with Gasteiger partial charge in [-0.25, -0.2) is 9.78 Å². The van der Waals surface area contributed by atoms with Crippen LogP contribution < -0.4 is 4.74 Å². The Labute approximate surface area is 120 Å². The van der Waals surface area contributed by atoms with Crippen molar-refractivity contribution in [3.05, 3.63) is 51.0 Å². The van der Waals surface area contributed by atoms with Crippen LogP contribution >= 0.6 is 31.9 Å². The Hall–Kier alpha value is -1.40. The second kappa shape index (κ2) is 5.49. The summed E-state index contributed by atoms with van der Waals surface area (Å²) in [6.45, 7) is 0. The van der Waals surface area contributed by atoms with Crippen molar-refractivity contribution >= 4 is 37.8 Å².